The number of hydrogen-bond acceptors (Lipinski definition) is 14. The molecule has 0 aliphatic heterocycles. The molecule has 0 aromatic rings. The zero-order valence-electron chi connectivity index (χ0n) is 53.9. The summed E-state index contributed by atoms with van der Waals surface area (Å²) >= 11 is 0. The maximum absolute atomic E-state index is 12.7. The predicted octanol–water partition coefficient (Wildman–Crippen LogP) is 9.76. The van der Waals surface area contributed by atoms with E-state index in [1.54, 1.807) is 27.7 Å². The third kappa shape index (κ3) is 64.1. The Morgan fingerprint density at radius 3 is 0.866 bits per heavy atom. The second-order valence-electron chi connectivity index (χ2n) is 22.1. The largest absolute Gasteiger partial charge is 4.00 e. The number of carbonyl (C=O) groups excluding carboxylic acids is 2. The van der Waals surface area contributed by atoms with Crippen molar-refractivity contribution in [3.8, 4) is 0 Å². The van der Waals surface area contributed by atoms with Gasteiger partial charge in [-0.05, 0) is 63.2 Å². The van der Waals surface area contributed by atoms with Gasteiger partial charge in [0.2, 0.25) is 11.8 Å². The fraction of sp³-hybridized carbons (Fsp3) is 0.891. The van der Waals surface area contributed by atoms with Crippen molar-refractivity contribution in [3.63, 3.8) is 0 Å². The maximum Gasteiger partial charge on any atom is 4.00 e. The molecule has 0 saturated heterocycles. The molecule has 0 aliphatic rings. The standard InChI is InChI=1S/2C16H36O7P2.2C9H18N2O.C5H12O2.Zr/c2*1-5-9-11-15(7-3)13-21-25(20,23-24(17,18)19)22-14-16(8-4)12-10-6-2;2*1-8(2)9(12)10-6-5-7-11(3)4;1-5(2,3-6)4-7;/h2*15-16H,5-14H2,1-4H3,(H2,17,18,19);2*1,5-7H2,2-4H3,(H,10,12);6-7H,3-4H2,1-2H3;/q;;;;;+4/p+2. The number of phosphoric ester groups is 2. The summed E-state index contributed by atoms with van der Waals surface area (Å²) in [5.74, 6) is 0.532. The van der Waals surface area contributed by atoms with E-state index in [0.29, 0.717) is 11.1 Å². The number of nitrogens with one attached hydrogen (secondary N) is 4. The van der Waals surface area contributed by atoms with Gasteiger partial charge in [-0.25, -0.2) is 18.3 Å². The van der Waals surface area contributed by atoms with Crippen LogP contribution in [0.15, 0.2) is 24.3 Å². The van der Waals surface area contributed by atoms with Crippen LogP contribution in [0.25, 0.3) is 0 Å². The van der Waals surface area contributed by atoms with Crippen LogP contribution in [-0.2, 0) is 80.8 Å². The minimum absolute atomic E-state index is 0. The summed E-state index contributed by atoms with van der Waals surface area (Å²) in [6.07, 6.45) is 17.1. The van der Waals surface area contributed by atoms with Gasteiger partial charge in [-0.3, -0.25) is 27.7 Å². The Kier molecular flexibility index (Phi) is 63.3. The zero-order valence-corrected chi connectivity index (χ0v) is 59.9. The fourth-order valence-corrected chi connectivity index (χ4v) is 11.0. The van der Waals surface area contributed by atoms with E-state index in [1.165, 1.54) is 9.80 Å². The molecule has 0 heterocycles. The molecule has 0 saturated carbocycles. The molecule has 0 aliphatic carbocycles. The minimum atomic E-state index is -4.98. The van der Waals surface area contributed by atoms with Crippen LogP contribution in [0.3, 0.4) is 0 Å². The third-order valence-corrected chi connectivity index (χ3v) is 17.5. The molecule has 488 valence electrons. The summed E-state index contributed by atoms with van der Waals surface area (Å²) in [4.78, 5) is 60.9. The Morgan fingerprint density at radius 2 is 0.720 bits per heavy atom. The Hall–Kier alpha value is -0.337. The van der Waals surface area contributed by atoms with E-state index in [4.69, 9.17) is 47.9 Å². The molecule has 22 nitrogen and oxygen atoms in total. The first-order chi connectivity index (χ1) is 37.6. The molecule has 82 heavy (non-hydrogen) atoms. The van der Waals surface area contributed by atoms with Gasteiger partial charge < -0.3 is 50.2 Å². The Balaban J connectivity index is -0.000000235. The monoisotopic (exact) mass is 1340 g/mol. The SMILES string of the molecule is C=C(C)C(=O)NCCC[NH+](C)C.C=C(C)C(=O)NCCC[NH+](C)C.CC(C)(CO)CO.CCCCC(CC)COP(=O)(OCC(CC)CCCC)OP(=O)(O)O.CCCCC(CC)COP(=O)(OCC(CC)CCCC)OP(=O)(O)O.[Zr+4]. The van der Waals surface area contributed by atoms with Crippen LogP contribution in [-0.4, -0.2) is 136 Å². The number of rotatable bonds is 44. The number of carbonyl (C=O) groups is 2. The number of aliphatic hydroxyl groups excluding tert-OH is 2. The van der Waals surface area contributed by atoms with Gasteiger partial charge in [0.05, 0.1) is 80.9 Å². The van der Waals surface area contributed by atoms with Crippen LogP contribution in [0.1, 0.15) is 199 Å². The van der Waals surface area contributed by atoms with E-state index in [9.17, 15) is 27.8 Å². The molecule has 10 N–H and O–H groups in total. The van der Waals surface area contributed by atoms with Crippen LogP contribution in [0.2, 0.25) is 0 Å². The first-order valence-electron chi connectivity index (χ1n) is 29.6. The van der Waals surface area contributed by atoms with Gasteiger partial charge in [-0.2, -0.15) is 8.62 Å². The number of quaternary nitrogens is 2. The summed E-state index contributed by atoms with van der Waals surface area (Å²) in [7, 11) is -10.2. The van der Waals surface area contributed by atoms with Crippen molar-refractivity contribution < 1.29 is 120 Å². The number of amides is 2. The molecule has 0 aromatic heterocycles. The van der Waals surface area contributed by atoms with Crippen molar-refractivity contribution in [2.24, 2.45) is 29.1 Å². The summed E-state index contributed by atoms with van der Waals surface area (Å²) in [5, 5.41) is 22.4. The average molecular weight is 1340 g/mol. The molecule has 0 spiro atoms. The van der Waals surface area contributed by atoms with Gasteiger partial charge in [-0.1, -0.05) is 159 Å². The quantitative estimate of drug-likeness (QED) is 0.0154. The Labute approximate surface area is 517 Å². The molecule has 0 bridgehead atoms. The van der Waals surface area contributed by atoms with Crippen molar-refractivity contribution in [3.05, 3.63) is 24.3 Å². The van der Waals surface area contributed by atoms with Crippen molar-refractivity contribution in [1.82, 2.24) is 10.6 Å². The van der Waals surface area contributed by atoms with Crippen molar-refractivity contribution in [2.45, 2.75) is 199 Å². The summed E-state index contributed by atoms with van der Waals surface area (Å²) in [6, 6.07) is 0. The Morgan fingerprint density at radius 1 is 0.488 bits per heavy atom. The van der Waals surface area contributed by atoms with Crippen LogP contribution < -0.4 is 20.4 Å². The molecule has 0 aromatic carbocycles. The van der Waals surface area contributed by atoms with E-state index in [0.717, 1.165) is 142 Å². The predicted molar refractivity (Wildman–Crippen MR) is 327 cm³/mol. The smallest absolute Gasteiger partial charge is 0.396 e. The fourth-order valence-electron chi connectivity index (χ4n) is 6.45. The van der Waals surface area contributed by atoms with Crippen LogP contribution in [0, 0.1) is 29.1 Å². The van der Waals surface area contributed by atoms with E-state index in [1.807, 2.05) is 27.7 Å². The summed E-state index contributed by atoms with van der Waals surface area (Å²) < 4.78 is 77.5. The average Bonchev–Trinajstić information content (AvgIpc) is 3.38. The molecule has 2 amide bonds. The number of hydrogen-bond donors (Lipinski definition) is 10. The van der Waals surface area contributed by atoms with Gasteiger partial charge in [0, 0.05) is 42.5 Å². The topological polar surface area (TPSA) is 312 Å². The number of unbranched alkanes of at least 4 members (excludes halogenated alkanes) is 4. The Bertz CT molecular complexity index is 1610. The van der Waals surface area contributed by atoms with Crippen molar-refractivity contribution >= 4 is 43.1 Å². The third-order valence-electron chi connectivity index (χ3n) is 12.4. The van der Waals surface area contributed by atoms with E-state index < -0.39 is 31.3 Å². The molecule has 0 fully saturated rings. The summed E-state index contributed by atoms with van der Waals surface area (Å²) in [6.45, 7) is 34.6. The molecule has 4 unspecified atom stereocenters. The van der Waals surface area contributed by atoms with Gasteiger partial charge in [0.25, 0.3) is 0 Å². The van der Waals surface area contributed by atoms with E-state index in [2.05, 4.69) is 88.3 Å². The first kappa shape index (κ1) is 92.8. The number of phosphoric acid groups is 4. The van der Waals surface area contributed by atoms with E-state index in [-0.39, 0.29) is 107 Å². The van der Waals surface area contributed by atoms with Crippen LogP contribution in [0.4, 0.5) is 0 Å². The second-order valence-corrected chi connectivity index (χ2v) is 28.2. The molecular weight excluding hydrogens is 1220 g/mol. The van der Waals surface area contributed by atoms with Gasteiger partial charge in [0.15, 0.2) is 0 Å². The normalized spacial score (nSPS) is 14.4. The molecular formula is C55H122N4O18P4Zr+6. The first-order valence-corrected chi connectivity index (χ1v) is 35.6. The van der Waals surface area contributed by atoms with Crippen LogP contribution >= 0.6 is 31.3 Å². The van der Waals surface area contributed by atoms with Crippen molar-refractivity contribution in [1.29, 1.82) is 0 Å². The maximum atomic E-state index is 12.7. The molecule has 0 rings (SSSR count). The number of aliphatic hydroxyl groups is 2. The minimum Gasteiger partial charge on any atom is -0.396 e. The van der Waals surface area contributed by atoms with Gasteiger partial charge >= 0.3 is 57.5 Å². The molecule has 4 atom stereocenters. The molecule has 27 heteroatoms. The van der Waals surface area contributed by atoms with Crippen molar-refractivity contribution in [2.75, 3.05) is 94.0 Å². The molecule has 0 radical (unpaired) electrons. The second kappa shape index (κ2) is 55.9. The zero-order chi connectivity index (χ0) is 63.7. The summed E-state index contributed by atoms with van der Waals surface area (Å²) in [5.41, 5.74) is 0.847. The van der Waals surface area contributed by atoms with Gasteiger partial charge in [-0.15, -0.1) is 0 Å². The van der Waals surface area contributed by atoms with Crippen LogP contribution in [0.5, 0.6) is 0 Å². The van der Waals surface area contributed by atoms with E-state index >= 15 is 0 Å². The van der Waals surface area contributed by atoms with Gasteiger partial charge in [0.1, 0.15) is 0 Å².